The number of aliphatic hydroxyl groups excluding tert-OH is 1. The highest BCUT2D eigenvalue weighted by molar-refractivity contribution is 5.95. The SMILES string of the molecule is CC(O)C(NC(=O)C(CCC(N)=O)NC(=O)C(N)Cc1cnc[nH]1)C(=O)NC(CC(N)=O)C(=O)O. The number of aromatic amines is 1. The molecule has 0 bridgehead atoms. The Morgan fingerprint density at radius 2 is 1.63 bits per heavy atom. The van der Waals surface area contributed by atoms with Gasteiger partial charge in [-0.05, 0) is 13.3 Å². The van der Waals surface area contributed by atoms with Crippen LogP contribution in [0.15, 0.2) is 12.5 Å². The lowest BCUT2D eigenvalue weighted by Gasteiger charge is -2.26. The minimum Gasteiger partial charge on any atom is -0.480 e. The molecular formula is C19H30N8O8. The van der Waals surface area contributed by atoms with Crippen molar-refractivity contribution in [3.05, 3.63) is 18.2 Å². The second kappa shape index (κ2) is 13.6. The van der Waals surface area contributed by atoms with Gasteiger partial charge in [0.15, 0.2) is 0 Å². The molecule has 194 valence electrons. The van der Waals surface area contributed by atoms with E-state index in [2.05, 4.69) is 20.6 Å². The number of carboxylic acids is 1. The second-order valence-electron chi connectivity index (χ2n) is 7.75. The first kappa shape index (κ1) is 29.0. The van der Waals surface area contributed by atoms with Crippen molar-refractivity contribution in [1.29, 1.82) is 0 Å². The number of hydrogen-bond acceptors (Lipinski definition) is 9. The van der Waals surface area contributed by atoms with Crippen LogP contribution in [0, 0.1) is 0 Å². The standard InChI is InChI=1S/C19H30N8O8/c1-8(28)15(18(33)26-12(19(34)35)5-14(22)30)27-17(32)11(2-3-13(21)29)25-16(31)10(20)4-9-6-23-7-24-9/h6-8,10-12,15,28H,2-5,20H2,1H3,(H2,21,29)(H2,22,30)(H,23,24)(H,25,31)(H,26,33)(H,27,32)(H,34,35). The minimum atomic E-state index is -1.70. The summed E-state index contributed by atoms with van der Waals surface area (Å²) in [7, 11) is 0. The molecule has 0 spiro atoms. The Labute approximate surface area is 199 Å². The third-order valence-corrected chi connectivity index (χ3v) is 4.73. The molecule has 1 rings (SSSR count). The van der Waals surface area contributed by atoms with Crippen LogP contribution in [-0.4, -0.2) is 86.0 Å². The van der Waals surface area contributed by atoms with Gasteiger partial charge < -0.3 is 48.3 Å². The summed E-state index contributed by atoms with van der Waals surface area (Å²) in [5.41, 5.74) is 16.5. The largest absolute Gasteiger partial charge is 0.480 e. The maximum atomic E-state index is 12.8. The van der Waals surface area contributed by atoms with Gasteiger partial charge in [0, 0.05) is 24.7 Å². The number of carbonyl (C=O) groups is 6. The summed E-state index contributed by atoms with van der Waals surface area (Å²) in [5, 5.41) is 25.7. The highest BCUT2D eigenvalue weighted by atomic mass is 16.4. The maximum Gasteiger partial charge on any atom is 0.326 e. The number of aliphatic carboxylic acids is 1. The molecule has 0 aliphatic rings. The smallest absolute Gasteiger partial charge is 0.326 e. The van der Waals surface area contributed by atoms with E-state index in [1.807, 2.05) is 5.32 Å². The lowest BCUT2D eigenvalue weighted by molar-refractivity contribution is -0.144. The van der Waals surface area contributed by atoms with E-state index in [-0.39, 0.29) is 19.3 Å². The van der Waals surface area contributed by atoms with Crippen molar-refractivity contribution in [1.82, 2.24) is 25.9 Å². The minimum absolute atomic E-state index is 0.0607. The van der Waals surface area contributed by atoms with Crippen molar-refractivity contribution in [2.24, 2.45) is 17.2 Å². The van der Waals surface area contributed by atoms with Crippen LogP contribution < -0.4 is 33.2 Å². The first-order valence-corrected chi connectivity index (χ1v) is 10.4. The average Bonchev–Trinajstić information content (AvgIpc) is 3.26. The summed E-state index contributed by atoms with van der Waals surface area (Å²) in [6, 6.07) is -5.86. The number of imidazole rings is 1. The number of nitrogens with zero attached hydrogens (tertiary/aromatic N) is 1. The zero-order chi connectivity index (χ0) is 26.7. The van der Waals surface area contributed by atoms with Crippen LogP contribution >= 0.6 is 0 Å². The van der Waals surface area contributed by atoms with Crippen LogP contribution in [0.5, 0.6) is 0 Å². The first-order valence-electron chi connectivity index (χ1n) is 10.4. The molecule has 12 N–H and O–H groups in total. The predicted molar refractivity (Wildman–Crippen MR) is 118 cm³/mol. The zero-order valence-electron chi connectivity index (χ0n) is 18.9. The van der Waals surface area contributed by atoms with Gasteiger partial charge in [0.2, 0.25) is 29.5 Å². The number of nitrogens with two attached hydrogens (primary N) is 3. The van der Waals surface area contributed by atoms with Crippen LogP contribution in [0.25, 0.3) is 0 Å². The topological polar surface area (TPSA) is 286 Å². The molecule has 5 amide bonds. The Morgan fingerprint density at radius 3 is 2.11 bits per heavy atom. The number of amides is 5. The molecule has 1 heterocycles. The van der Waals surface area contributed by atoms with Gasteiger partial charge in [0.1, 0.15) is 18.1 Å². The lowest BCUT2D eigenvalue weighted by atomic mass is 10.1. The van der Waals surface area contributed by atoms with Gasteiger partial charge in [-0.15, -0.1) is 0 Å². The van der Waals surface area contributed by atoms with Crippen molar-refractivity contribution in [3.63, 3.8) is 0 Å². The fourth-order valence-electron chi connectivity index (χ4n) is 2.88. The molecule has 0 saturated carbocycles. The van der Waals surface area contributed by atoms with Crippen LogP contribution in [0.4, 0.5) is 0 Å². The number of primary amides is 2. The van der Waals surface area contributed by atoms with Crippen LogP contribution in [0.3, 0.4) is 0 Å². The normalized spacial score (nSPS) is 15.1. The number of aliphatic hydroxyl groups is 1. The molecule has 5 atom stereocenters. The van der Waals surface area contributed by atoms with Crippen LogP contribution in [0.2, 0.25) is 0 Å². The van der Waals surface area contributed by atoms with E-state index >= 15 is 0 Å². The molecule has 0 aliphatic carbocycles. The Balaban J connectivity index is 2.95. The van der Waals surface area contributed by atoms with Crippen molar-refractivity contribution in [2.45, 2.75) is 62.9 Å². The highest BCUT2D eigenvalue weighted by Crippen LogP contribution is 2.04. The van der Waals surface area contributed by atoms with Gasteiger partial charge >= 0.3 is 5.97 Å². The van der Waals surface area contributed by atoms with Crippen LogP contribution in [0.1, 0.15) is 31.9 Å². The monoisotopic (exact) mass is 498 g/mol. The van der Waals surface area contributed by atoms with Crippen LogP contribution in [-0.2, 0) is 35.2 Å². The maximum absolute atomic E-state index is 12.8. The fourth-order valence-corrected chi connectivity index (χ4v) is 2.88. The predicted octanol–water partition coefficient (Wildman–Crippen LogP) is -4.66. The summed E-state index contributed by atoms with van der Waals surface area (Å²) >= 11 is 0. The summed E-state index contributed by atoms with van der Waals surface area (Å²) in [4.78, 5) is 77.9. The molecule has 35 heavy (non-hydrogen) atoms. The second-order valence-corrected chi connectivity index (χ2v) is 7.75. The number of aromatic nitrogens is 2. The van der Waals surface area contributed by atoms with E-state index in [1.165, 1.54) is 12.5 Å². The molecule has 5 unspecified atom stereocenters. The fraction of sp³-hybridized carbons (Fsp3) is 0.526. The molecule has 0 aliphatic heterocycles. The molecule has 0 radical (unpaired) electrons. The molecular weight excluding hydrogens is 468 g/mol. The number of rotatable bonds is 15. The quantitative estimate of drug-likeness (QED) is 0.111. The van der Waals surface area contributed by atoms with Gasteiger partial charge in [-0.1, -0.05) is 0 Å². The molecule has 0 fully saturated rings. The van der Waals surface area contributed by atoms with E-state index in [0.29, 0.717) is 5.69 Å². The van der Waals surface area contributed by atoms with E-state index in [1.54, 1.807) is 0 Å². The third kappa shape index (κ3) is 10.2. The summed E-state index contributed by atoms with van der Waals surface area (Å²) in [5.74, 6) is -6.19. The Hall–Kier alpha value is -4.05. The highest BCUT2D eigenvalue weighted by Gasteiger charge is 2.33. The number of H-pyrrole nitrogens is 1. The molecule has 1 aromatic heterocycles. The summed E-state index contributed by atoms with van der Waals surface area (Å²) in [6.07, 6.45) is 0.105. The van der Waals surface area contributed by atoms with Crippen molar-refractivity contribution in [2.75, 3.05) is 0 Å². The molecule has 0 aromatic carbocycles. The van der Waals surface area contributed by atoms with E-state index in [4.69, 9.17) is 22.3 Å². The van der Waals surface area contributed by atoms with Crippen molar-refractivity contribution >= 4 is 35.5 Å². The Bertz CT molecular complexity index is 920. The Morgan fingerprint density at radius 1 is 1.00 bits per heavy atom. The van der Waals surface area contributed by atoms with Gasteiger partial charge in [-0.25, -0.2) is 9.78 Å². The Kier molecular flexibility index (Phi) is 11.3. The third-order valence-electron chi connectivity index (χ3n) is 4.73. The zero-order valence-corrected chi connectivity index (χ0v) is 18.9. The number of hydrogen-bond donors (Lipinski definition) is 9. The van der Waals surface area contributed by atoms with Crippen molar-refractivity contribution < 1.29 is 39.0 Å². The number of carbonyl (C=O) groups excluding carboxylic acids is 5. The van der Waals surface area contributed by atoms with Gasteiger partial charge in [0.05, 0.1) is 24.9 Å². The van der Waals surface area contributed by atoms with E-state index in [9.17, 15) is 33.9 Å². The number of nitrogens with one attached hydrogen (secondary N) is 4. The lowest BCUT2D eigenvalue weighted by Crippen LogP contribution is -2.60. The van der Waals surface area contributed by atoms with Gasteiger partial charge in [-0.2, -0.15) is 0 Å². The van der Waals surface area contributed by atoms with Gasteiger partial charge in [0.25, 0.3) is 0 Å². The molecule has 16 nitrogen and oxygen atoms in total. The number of carboxylic acid groups (broad SMARTS) is 1. The van der Waals surface area contributed by atoms with Gasteiger partial charge in [-0.3, -0.25) is 24.0 Å². The summed E-state index contributed by atoms with van der Waals surface area (Å²) < 4.78 is 0. The molecule has 16 heteroatoms. The van der Waals surface area contributed by atoms with Crippen molar-refractivity contribution in [3.8, 4) is 0 Å². The summed E-state index contributed by atoms with van der Waals surface area (Å²) in [6.45, 7) is 1.14. The van der Waals surface area contributed by atoms with E-state index < -0.39 is 72.2 Å². The van der Waals surface area contributed by atoms with E-state index in [0.717, 1.165) is 6.92 Å². The first-order chi connectivity index (χ1) is 16.3. The molecule has 0 saturated heterocycles. The average molecular weight is 498 g/mol. The molecule has 1 aromatic rings.